The SMILES string of the molecule is c1cn(-c2ccc(Nc3cc(Nc4ccc(N5CCOCC5)cc4)ncn3)cc2)cn1. The molecule has 0 bridgehead atoms. The predicted octanol–water partition coefficient (Wildman–Crippen LogP) is 3.99. The molecule has 8 nitrogen and oxygen atoms in total. The number of ether oxygens (including phenoxy) is 1. The molecule has 0 unspecified atom stereocenters. The van der Waals surface area contributed by atoms with Crippen LogP contribution in [0.25, 0.3) is 5.69 Å². The monoisotopic (exact) mass is 413 g/mol. The zero-order valence-electron chi connectivity index (χ0n) is 17.0. The number of aromatic nitrogens is 4. The van der Waals surface area contributed by atoms with Crippen molar-refractivity contribution < 1.29 is 4.74 Å². The van der Waals surface area contributed by atoms with Crippen LogP contribution >= 0.6 is 0 Å². The highest BCUT2D eigenvalue weighted by Crippen LogP contribution is 2.23. The zero-order chi connectivity index (χ0) is 20.9. The molecule has 156 valence electrons. The summed E-state index contributed by atoms with van der Waals surface area (Å²) in [5.41, 5.74) is 4.18. The van der Waals surface area contributed by atoms with Crippen molar-refractivity contribution in [2.45, 2.75) is 0 Å². The number of hydrogen-bond acceptors (Lipinski definition) is 7. The Morgan fingerprint density at radius 3 is 1.97 bits per heavy atom. The van der Waals surface area contributed by atoms with E-state index in [9.17, 15) is 0 Å². The summed E-state index contributed by atoms with van der Waals surface area (Å²) in [5.74, 6) is 1.45. The van der Waals surface area contributed by atoms with Gasteiger partial charge in [0.05, 0.1) is 19.5 Å². The quantitative estimate of drug-likeness (QED) is 0.495. The van der Waals surface area contributed by atoms with Crippen molar-refractivity contribution in [2.75, 3.05) is 41.8 Å². The van der Waals surface area contributed by atoms with E-state index in [-0.39, 0.29) is 0 Å². The van der Waals surface area contributed by atoms with E-state index in [2.05, 4.69) is 54.8 Å². The number of morpholine rings is 1. The Labute approximate surface area is 180 Å². The summed E-state index contributed by atoms with van der Waals surface area (Å²) in [6, 6.07) is 18.3. The average Bonchev–Trinajstić information content (AvgIpc) is 3.36. The fraction of sp³-hybridized carbons (Fsp3) is 0.174. The van der Waals surface area contributed by atoms with Crippen LogP contribution in [0.3, 0.4) is 0 Å². The minimum absolute atomic E-state index is 0.720. The van der Waals surface area contributed by atoms with Gasteiger partial charge in [0.2, 0.25) is 0 Å². The van der Waals surface area contributed by atoms with E-state index in [1.807, 2.05) is 41.1 Å². The van der Waals surface area contributed by atoms with Crippen molar-refractivity contribution in [3.05, 3.63) is 79.6 Å². The number of imidazole rings is 1. The summed E-state index contributed by atoms with van der Waals surface area (Å²) in [4.78, 5) is 15.1. The molecular weight excluding hydrogens is 390 g/mol. The molecule has 1 fully saturated rings. The van der Waals surface area contributed by atoms with Crippen LogP contribution in [0.15, 0.2) is 79.6 Å². The van der Waals surface area contributed by atoms with Crippen molar-refractivity contribution in [2.24, 2.45) is 0 Å². The van der Waals surface area contributed by atoms with Crippen molar-refractivity contribution >= 4 is 28.7 Å². The van der Waals surface area contributed by atoms with Crippen molar-refractivity contribution in [3.8, 4) is 5.69 Å². The van der Waals surface area contributed by atoms with Gasteiger partial charge in [-0.25, -0.2) is 15.0 Å². The van der Waals surface area contributed by atoms with E-state index in [1.54, 1.807) is 18.9 Å². The second-order valence-corrected chi connectivity index (χ2v) is 7.20. The molecule has 0 aliphatic carbocycles. The predicted molar refractivity (Wildman–Crippen MR) is 122 cm³/mol. The number of hydrogen-bond donors (Lipinski definition) is 2. The molecule has 2 aromatic carbocycles. The topological polar surface area (TPSA) is 80.1 Å². The summed E-state index contributed by atoms with van der Waals surface area (Å²) in [7, 11) is 0. The van der Waals surface area contributed by atoms with Gasteiger partial charge in [0, 0.05) is 54.3 Å². The van der Waals surface area contributed by atoms with E-state index in [0.717, 1.165) is 55.0 Å². The van der Waals surface area contributed by atoms with E-state index in [0.29, 0.717) is 0 Å². The lowest BCUT2D eigenvalue weighted by Gasteiger charge is -2.28. The first-order chi connectivity index (χ1) is 15.3. The molecule has 2 aromatic heterocycles. The molecule has 8 heteroatoms. The van der Waals surface area contributed by atoms with Crippen LogP contribution in [0.4, 0.5) is 28.7 Å². The third kappa shape index (κ3) is 4.65. The number of nitrogens with one attached hydrogen (secondary N) is 2. The van der Waals surface area contributed by atoms with Gasteiger partial charge in [-0.3, -0.25) is 0 Å². The zero-order valence-corrected chi connectivity index (χ0v) is 17.0. The maximum Gasteiger partial charge on any atom is 0.135 e. The van der Waals surface area contributed by atoms with E-state index < -0.39 is 0 Å². The van der Waals surface area contributed by atoms with Crippen LogP contribution in [0, 0.1) is 0 Å². The van der Waals surface area contributed by atoms with Gasteiger partial charge in [-0.2, -0.15) is 0 Å². The van der Waals surface area contributed by atoms with Gasteiger partial charge in [0.25, 0.3) is 0 Å². The number of benzene rings is 2. The number of rotatable bonds is 6. The minimum atomic E-state index is 0.720. The van der Waals surface area contributed by atoms with Crippen molar-refractivity contribution in [3.63, 3.8) is 0 Å². The molecule has 31 heavy (non-hydrogen) atoms. The van der Waals surface area contributed by atoms with E-state index in [1.165, 1.54) is 5.69 Å². The Kier molecular flexibility index (Phi) is 5.44. The minimum Gasteiger partial charge on any atom is -0.378 e. The van der Waals surface area contributed by atoms with Crippen molar-refractivity contribution in [1.29, 1.82) is 0 Å². The van der Waals surface area contributed by atoms with Crippen LogP contribution < -0.4 is 15.5 Å². The largest absolute Gasteiger partial charge is 0.378 e. The molecule has 0 spiro atoms. The highest BCUT2D eigenvalue weighted by atomic mass is 16.5. The fourth-order valence-electron chi connectivity index (χ4n) is 3.50. The summed E-state index contributed by atoms with van der Waals surface area (Å²) in [5, 5.41) is 6.66. The van der Waals surface area contributed by atoms with Gasteiger partial charge in [0.1, 0.15) is 18.0 Å². The van der Waals surface area contributed by atoms with E-state index >= 15 is 0 Å². The summed E-state index contributed by atoms with van der Waals surface area (Å²) in [6.07, 6.45) is 7.00. The van der Waals surface area contributed by atoms with Gasteiger partial charge in [-0.05, 0) is 48.5 Å². The number of anilines is 5. The second-order valence-electron chi connectivity index (χ2n) is 7.20. The van der Waals surface area contributed by atoms with Crippen LogP contribution in [-0.4, -0.2) is 45.8 Å². The standard InChI is InChI=1S/C23H23N7O/c1-5-20(29-11-13-31-14-12-29)6-2-18(1)27-22-15-23(26-16-25-22)28-19-3-7-21(8-4-19)30-10-9-24-17-30/h1-10,15-17H,11-14H2,(H2,25,26,27,28). The Morgan fingerprint density at radius 1 is 0.774 bits per heavy atom. The second kappa shape index (κ2) is 8.85. The molecule has 5 rings (SSSR count). The normalized spacial score (nSPS) is 13.7. The Morgan fingerprint density at radius 2 is 1.39 bits per heavy atom. The van der Waals surface area contributed by atoms with Gasteiger partial charge in [0.15, 0.2) is 0 Å². The van der Waals surface area contributed by atoms with Gasteiger partial charge >= 0.3 is 0 Å². The van der Waals surface area contributed by atoms with Crippen LogP contribution in [-0.2, 0) is 4.74 Å². The lowest BCUT2D eigenvalue weighted by atomic mass is 10.2. The molecule has 2 N–H and O–H groups in total. The van der Waals surface area contributed by atoms with E-state index in [4.69, 9.17) is 4.74 Å². The molecule has 0 amide bonds. The Hall–Kier alpha value is -3.91. The van der Waals surface area contributed by atoms with Crippen LogP contribution in [0.2, 0.25) is 0 Å². The Balaban J connectivity index is 1.24. The fourth-order valence-corrected chi connectivity index (χ4v) is 3.50. The molecule has 0 saturated carbocycles. The smallest absolute Gasteiger partial charge is 0.135 e. The maximum absolute atomic E-state index is 5.42. The molecule has 3 heterocycles. The highest BCUT2D eigenvalue weighted by Gasteiger charge is 2.11. The Bertz CT molecular complexity index is 1110. The molecule has 1 aliphatic rings. The third-order valence-electron chi connectivity index (χ3n) is 5.13. The first-order valence-corrected chi connectivity index (χ1v) is 10.2. The molecular formula is C23H23N7O. The summed E-state index contributed by atoms with van der Waals surface area (Å²) in [6.45, 7) is 3.42. The lowest BCUT2D eigenvalue weighted by Crippen LogP contribution is -2.36. The van der Waals surface area contributed by atoms with Gasteiger partial charge in [-0.15, -0.1) is 0 Å². The van der Waals surface area contributed by atoms with Crippen LogP contribution in [0.5, 0.6) is 0 Å². The maximum atomic E-state index is 5.42. The lowest BCUT2D eigenvalue weighted by molar-refractivity contribution is 0.122. The van der Waals surface area contributed by atoms with Gasteiger partial charge < -0.3 is 24.8 Å². The summed E-state index contributed by atoms with van der Waals surface area (Å²) >= 11 is 0. The highest BCUT2D eigenvalue weighted by molar-refractivity contribution is 5.65. The van der Waals surface area contributed by atoms with Crippen LogP contribution in [0.1, 0.15) is 0 Å². The molecule has 4 aromatic rings. The first kappa shape index (κ1) is 19.1. The molecule has 1 aliphatic heterocycles. The average molecular weight is 413 g/mol. The molecule has 0 atom stereocenters. The van der Waals surface area contributed by atoms with Crippen molar-refractivity contribution in [1.82, 2.24) is 19.5 Å². The molecule has 0 radical (unpaired) electrons. The summed E-state index contributed by atoms with van der Waals surface area (Å²) < 4.78 is 7.38. The molecule has 1 saturated heterocycles. The first-order valence-electron chi connectivity index (χ1n) is 10.2. The third-order valence-corrected chi connectivity index (χ3v) is 5.13. The van der Waals surface area contributed by atoms with Gasteiger partial charge in [-0.1, -0.05) is 0 Å². The number of nitrogens with zero attached hydrogens (tertiary/aromatic N) is 5.